The van der Waals surface area contributed by atoms with Crippen LogP contribution in [0.1, 0.15) is 16.7 Å². The van der Waals surface area contributed by atoms with Crippen LogP contribution in [0.5, 0.6) is 0 Å². The fraction of sp³-hybridized carbons (Fsp3) is 0.400. The van der Waals surface area contributed by atoms with E-state index < -0.39 is 46.8 Å². The Hall–Kier alpha value is -3.36. The number of nitro groups is 2. The zero-order valence-electron chi connectivity index (χ0n) is 14.0. The molecule has 0 saturated carbocycles. The lowest BCUT2D eigenvalue weighted by molar-refractivity contribution is -0.479. The quantitative estimate of drug-likeness (QED) is 0.207. The number of benzene rings is 1. The van der Waals surface area contributed by atoms with Crippen molar-refractivity contribution in [1.82, 2.24) is 0 Å². The molecule has 27 heavy (non-hydrogen) atoms. The van der Waals surface area contributed by atoms with Gasteiger partial charge in [0.15, 0.2) is 6.19 Å². The minimum atomic E-state index is -4.87. The van der Waals surface area contributed by atoms with E-state index in [1.807, 2.05) is 5.32 Å². The lowest BCUT2D eigenvalue weighted by atomic mass is 9.95. The van der Waals surface area contributed by atoms with Gasteiger partial charge in [-0.2, -0.15) is 18.4 Å². The van der Waals surface area contributed by atoms with Crippen molar-refractivity contribution in [3.63, 3.8) is 0 Å². The van der Waals surface area contributed by atoms with Gasteiger partial charge in [0.05, 0.1) is 11.3 Å². The second kappa shape index (κ2) is 9.37. The van der Waals surface area contributed by atoms with E-state index in [9.17, 15) is 33.4 Å². The maximum Gasteiger partial charge on any atom is 0.418 e. The second-order valence-corrected chi connectivity index (χ2v) is 5.33. The van der Waals surface area contributed by atoms with E-state index in [0.717, 1.165) is 0 Å². The first-order valence-corrected chi connectivity index (χ1v) is 7.61. The van der Waals surface area contributed by atoms with Crippen molar-refractivity contribution in [3.8, 4) is 6.19 Å². The third kappa shape index (κ3) is 6.14. The largest absolute Gasteiger partial charge is 0.418 e. The van der Waals surface area contributed by atoms with E-state index in [2.05, 4.69) is 11.9 Å². The maximum absolute atomic E-state index is 13.5. The van der Waals surface area contributed by atoms with E-state index in [4.69, 9.17) is 5.26 Å². The number of rotatable bonds is 10. The highest BCUT2D eigenvalue weighted by atomic mass is 19.4. The van der Waals surface area contributed by atoms with Gasteiger partial charge >= 0.3 is 6.18 Å². The predicted octanol–water partition coefficient (Wildman–Crippen LogP) is 2.83. The molecule has 0 aliphatic carbocycles. The van der Waals surface area contributed by atoms with Crippen molar-refractivity contribution in [2.45, 2.75) is 19.0 Å². The van der Waals surface area contributed by atoms with Crippen LogP contribution in [-0.4, -0.2) is 29.5 Å². The molecule has 0 bridgehead atoms. The third-order valence-electron chi connectivity index (χ3n) is 3.53. The zero-order valence-corrected chi connectivity index (χ0v) is 14.0. The number of nitrogens with zero attached hydrogens (tertiary/aromatic N) is 3. The number of alkyl halides is 3. The van der Waals surface area contributed by atoms with Crippen molar-refractivity contribution in [3.05, 3.63) is 55.6 Å². The highest BCUT2D eigenvalue weighted by Crippen LogP contribution is 2.41. The van der Waals surface area contributed by atoms with Crippen LogP contribution in [0.3, 0.4) is 0 Å². The number of hydrogen-bond acceptors (Lipinski definition) is 7. The normalized spacial score (nSPS) is 10.7. The summed E-state index contributed by atoms with van der Waals surface area (Å²) in [4.78, 5) is 20.0. The van der Waals surface area contributed by atoms with Crippen molar-refractivity contribution in [2.75, 3.05) is 30.3 Å². The molecule has 0 atom stereocenters. The van der Waals surface area contributed by atoms with Crippen molar-refractivity contribution >= 4 is 11.4 Å². The molecule has 9 nitrogen and oxygen atoms in total. The third-order valence-corrected chi connectivity index (χ3v) is 3.53. The van der Waals surface area contributed by atoms with Crippen LogP contribution in [0.25, 0.3) is 0 Å². The van der Waals surface area contributed by atoms with E-state index in [1.54, 1.807) is 0 Å². The van der Waals surface area contributed by atoms with Gasteiger partial charge in [0.2, 0.25) is 13.1 Å². The van der Waals surface area contributed by atoms with Crippen LogP contribution in [0.15, 0.2) is 18.7 Å². The molecule has 0 radical (unpaired) electrons. The molecular weight excluding hydrogens is 371 g/mol. The van der Waals surface area contributed by atoms with Gasteiger partial charge in [0.1, 0.15) is 0 Å². The Labute approximate surface area is 151 Å². The van der Waals surface area contributed by atoms with Gasteiger partial charge in [0.25, 0.3) is 0 Å². The highest BCUT2D eigenvalue weighted by Gasteiger charge is 2.37. The summed E-state index contributed by atoms with van der Waals surface area (Å²) < 4.78 is 40.4. The maximum atomic E-state index is 13.5. The molecule has 0 unspecified atom stereocenters. The van der Waals surface area contributed by atoms with Gasteiger partial charge in [-0.1, -0.05) is 6.08 Å². The lowest BCUT2D eigenvalue weighted by Crippen LogP contribution is -2.18. The Morgan fingerprint density at radius 3 is 2.26 bits per heavy atom. The van der Waals surface area contributed by atoms with Crippen molar-refractivity contribution in [1.29, 1.82) is 5.26 Å². The molecule has 0 aliphatic rings. The number of nitrogens with one attached hydrogen (secondary N) is 2. The van der Waals surface area contributed by atoms with E-state index in [0.29, 0.717) is 6.07 Å². The van der Waals surface area contributed by atoms with E-state index in [-0.39, 0.29) is 29.8 Å². The first kappa shape index (κ1) is 21.7. The van der Waals surface area contributed by atoms with Gasteiger partial charge in [0, 0.05) is 40.5 Å². The molecule has 12 heteroatoms. The van der Waals surface area contributed by atoms with E-state index in [1.165, 1.54) is 12.3 Å². The zero-order chi connectivity index (χ0) is 20.6. The first-order chi connectivity index (χ1) is 12.6. The van der Waals surface area contributed by atoms with Gasteiger partial charge in [-0.3, -0.25) is 25.5 Å². The Balaban J connectivity index is 3.70. The predicted molar refractivity (Wildman–Crippen MR) is 90.5 cm³/mol. The summed E-state index contributed by atoms with van der Waals surface area (Å²) in [5.74, 6) is 0. The van der Waals surface area contributed by atoms with Gasteiger partial charge in [-0.15, -0.1) is 6.58 Å². The Kier molecular flexibility index (Phi) is 7.52. The summed E-state index contributed by atoms with van der Waals surface area (Å²) in [6, 6.07) is 0.713. The number of nitriles is 1. The summed E-state index contributed by atoms with van der Waals surface area (Å²) >= 11 is 0. The average Bonchev–Trinajstić information content (AvgIpc) is 2.56. The second-order valence-electron chi connectivity index (χ2n) is 5.33. The Morgan fingerprint density at radius 2 is 1.78 bits per heavy atom. The molecule has 1 aromatic carbocycles. The molecule has 0 fully saturated rings. The molecule has 0 amide bonds. The minimum Gasteiger partial charge on any atom is -0.381 e. The first-order valence-electron chi connectivity index (χ1n) is 7.61. The fourth-order valence-corrected chi connectivity index (χ4v) is 2.48. The molecule has 0 aromatic heterocycles. The van der Waals surface area contributed by atoms with Crippen LogP contribution >= 0.6 is 0 Å². The fourth-order valence-electron chi connectivity index (χ4n) is 2.48. The van der Waals surface area contributed by atoms with E-state index >= 15 is 0 Å². The van der Waals surface area contributed by atoms with Crippen molar-refractivity contribution in [2.24, 2.45) is 0 Å². The molecule has 1 rings (SSSR count). The molecule has 0 aliphatic heterocycles. The standard InChI is InChI=1S/C15H16F3N5O4/c1-2-5-20-13-10(3-6-22(24)25)8-12(15(16,17)18)14(21-9-19)11(13)4-7-23(26)27/h2,8,20-21H,1,3-7H2. The van der Waals surface area contributed by atoms with Crippen LogP contribution in [-0.2, 0) is 19.0 Å². The summed E-state index contributed by atoms with van der Waals surface area (Å²) in [5, 5.41) is 34.9. The Bertz CT molecular complexity index is 774. The number of anilines is 2. The Morgan fingerprint density at radius 1 is 1.19 bits per heavy atom. The molecule has 1 aromatic rings. The van der Waals surface area contributed by atoms with Gasteiger partial charge in [-0.05, 0) is 11.6 Å². The average molecular weight is 387 g/mol. The number of halogens is 3. The van der Waals surface area contributed by atoms with Gasteiger partial charge < -0.3 is 5.32 Å². The van der Waals surface area contributed by atoms with Crippen LogP contribution in [0, 0.1) is 31.7 Å². The molecule has 0 spiro atoms. The van der Waals surface area contributed by atoms with Crippen LogP contribution in [0.2, 0.25) is 0 Å². The monoisotopic (exact) mass is 387 g/mol. The highest BCUT2D eigenvalue weighted by molar-refractivity contribution is 5.74. The van der Waals surface area contributed by atoms with Gasteiger partial charge in [-0.25, -0.2) is 0 Å². The van der Waals surface area contributed by atoms with Crippen molar-refractivity contribution < 1.29 is 23.0 Å². The smallest absolute Gasteiger partial charge is 0.381 e. The van der Waals surface area contributed by atoms with Crippen LogP contribution < -0.4 is 10.6 Å². The van der Waals surface area contributed by atoms with Crippen LogP contribution in [0.4, 0.5) is 24.5 Å². The summed E-state index contributed by atoms with van der Waals surface area (Å²) in [6.07, 6.45) is -2.80. The molecule has 146 valence electrons. The minimum absolute atomic E-state index is 0.0253. The lowest BCUT2D eigenvalue weighted by Gasteiger charge is -2.22. The SMILES string of the molecule is C=CCNc1c(CC[N+](=O)[O-])cc(C(F)(F)F)c(NC#N)c1CC[N+](=O)[O-]. The summed E-state index contributed by atoms with van der Waals surface area (Å²) in [6.45, 7) is 2.27. The summed E-state index contributed by atoms with van der Waals surface area (Å²) in [7, 11) is 0. The molecule has 0 saturated heterocycles. The molecule has 0 heterocycles. The number of hydrogen-bond donors (Lipinski definition) is 2. The summed E-state index contributed by atoms with van der Waals surface area (Å²) in [5.41, 5.74) is -1.90. The molecule has 2 N–H and O–H groups in total. The molecular formula is C15H16F3N5O4. The topological polar surface area (TPSA) is 134 Å².